The molecule has 1 aliphatic heterocycles. The fourth-order valence-corrected chi connectivity index (χ4v) is 3.96. The quantitative estimate of drug-likeness (QED) is 0.736. The molecule has 16 heavy (non-hydrogen) atoms. The van der Waals surface area contributed by atoms with Crippen LogP contribution in [0, 0.1) is 0 Å². The molecule has 3 nitrogen and oxygen atoms in total. The molecule has 1 atom stereocenters. The molecular weight excluding hydrogens is 200 g/mol. The van der Waals surface area contributed by atoms with E-state index in [9.17, 15) is 4.79 Å². The summed E-state index contributed by atoms with van der Waals surface area (Å²) in [6.45, 7) is 2.16. The first kappa shape index (κ1) is 10.6. The standard InChI is InChI=1S/C13H22N2O/c1-10-14-13(8-4-5-9-13)12(16)15(10)11-6-2-3-7-11/h10-11,14H,2-9H2,1H3. The molecule has 3 fully saturated rings. The first-order valence-corrected chi connectivity index (χ1v) is 6.83. The molecule has 0 radical (unpaired) electrons. The van der Waals surface area contributed by atoms with Gasteiger partial charge < -0.3 is 4.90 Å². The van der Waals surface area contributed by atoms with Gasteiger partial charge in [0.05, 0.1) is 11.7 Å². The Kier molecular flexibility index (Phi) is 2.46. The van der Waals surface area contributed by atoms with Gasteiger partial charge in [-0.1, -0.05) is 25.7 Å². The van der Waals surface area contributed by atoms with Crippen LogP contribution in [0.1, 0.15) is 58.3 Å². The molecule has 3 aliphatic rings. The molecule has 1 spiro atoms. The number of carbonyl (C=O) groups excluding carboxylic acids is 1. The van der Waals surface area contributed by atoms with Crippen LogP contribution in [0.3, 0.4) is 0 Å². The van der Waals surface area contributed by atoms with Crippen molar-refractivity contribution in [1.29, 1.82) is 0 Å². The maximum atomic E-state index is 12.6. The number of hydrogen-bond acceptors (Lipinski definition) is 2. The van der Waals surface area contributed by atoms with Gasteiger partial charge in [-0.05, 0) is 32.6 Å². The zero-order chi connectivity index (χ0) is 11.2. The minimum atomic E-state index is -0.165. The van der Waals surface area contributed by atoms with E-state index in [4.69, 9.17) is 0 Å². The summed E-state index contributed by atoms with van der Waals surface area (Å²) in [5, 5.41) is 3.58. The topological polar surface area (TPSA) is 32.3 Å². The van der Waals surface area contributed by atoms with E-state index in [0.29, 0.717) is 11.9 Å². The molecule has 2 saturated carbocycles. The lowest BCUT2D eigenvalue weighted by atomic mass is 9.97. The predicted octanol–water partition coefficient (Wildman–Crippen LogP) is 2.02. The molecule has 0 aromatic carbocycles. The molecule has 1 heterocycles. The van der Waals surface area contributed by atoms with Gasteiger partial charge >= 0.3 is 0 Å². The number of carbonyl (C=O) groups is 1. The van der Waals surface area contributed by atoms with Crippen LogP contribution in [-0.2, 0) is 4.79 Å². The van der Waals surface area contributed by atoms with Gasteiger partial charge in [0, 0.05) is 6.04 Å². The lowest BCUT2D eigenvalue weighted by Gasteiger charge is -2.28. The van der Waals surface area contributed by atoms with Gasteiger partial charge in [0.15, 0.2) is 0 Å². The summed E-state index contributed by atoms with van der Waals surface area (Å²) < 4.78 is 0. The minimum absolute atomic E-state index is 0.165. The summed E-state index contributed by atoms with van der Waals surface area (Å²) in [6.07, 6.45) is 9.82. The Labute approximate surface area is 97.6 Å². The normalized spacial score (nSPS) is 34.4. The Bertz CT molecular complexity index is 290. The van der Waals surface area contributed by atoms with Crippen LogP contribution in [0.25, 0.3) is 0 Å². The zero-order valence-corrected chi connectivity index (χ0v) is 10.2. The lowest BCUT2D eigenvalue weighted by Crippen LogP contribution is -2.45. The van der Waals surface area contributed by atoms with Gasteiger partial charge in [0.2, 0.25) is 5.91 Å². The number of nitrogens with one attached hydrogen (secondary N) is 1. The van der Waals surface area contributed by atoms with Crippen molar-refractivity contribution < 1.29 is 4.79 Å². The molecule has 1 N–H and O–H groups in total. The molecule has 0 aromatic rings. The minimum Gasteiger partial charge on any atom is -0.323 e. The highest BCUT2D eigenvalue weighted by atomic mass is 16.2. The molecule has 90 valence electrons. The molecular formula is C13H22N2O. The van der Waals surface area contributed by atoms with Crippen molar-refractivity contribution in [1.82, 2.24) is 10.2 Å². The van der Waals surface area contributed by atoms with Crippen LogP contribution in [0.4, 0.5) is 0 Å². The third kappa shape index (κ3) is 1.41. The third-order valence-corrected chi connectivity index (χ3v) is 4.72. The van der Waals surface area contributed by atoms with E-state index in [-0.39, 0.29) is 11.7 Å². The van der Waals surface area contributed by atoms with Crippen molar-refractivity contribution in [2.24, 2.45) is 0 Å². The van der Waals surface area contributed by atoms with Crippen molar-refractivity contribution in [2.45, 2.75) is 76.0 Å². The molecule has 1 unspecified atom stereocenters. The van der Waals surface area contributed by atoms with Gasteiger partial charge in [-0.25, -0.2) is 0 Å². The van der Waals surface area contributed by atoms with E-state index in [1.54, 1.807) is 0 Å². The number of amides is 1. The van der Waals surface area contributed by atoms with E-state index in [1.807, 2.05) is 0 Å². The monoisotopic (exact) mass is 222 g/mol. The number of hydrogen-bond donors (Lipinski definition) is 1. The number of rotatable bonds is 1. The van der Waals surface area contributed by atoms with Gasteiger partial charge in [0.25, 0.3) is 0 Å². The average molecular weight is 222 g/mol. The Hall–Kier alpha value is -0.570. The smallest absolute Gasteiger partial charge is 0.244 e. The van der Waals surface area contributed by atoms with Gasteiger partial charge in [-0.15, -0.1) is 0 Å². The van der Waals surface area contributed by atoms with E-state index < -0.39 is 0 Å². The van der Waals surface area contributed by atoms with Crippen LogP contribution in [0.5, 0.6) is 0 Å². The van der Waals surface area contributed by atoms with Gasteiger partial charge in [-0.3, -0.25) is 10.1 Å². The van der Waals surface area contributed by atoms with E-state index in [1.165, 1.54) is 38.5 Å². The fraction of sp³-hybridized carbons (Fsp3) is 0.923. The first-order valence-electron chi connectivity index (χ1n) is 6.83. The largest absolute Gasteiger partial charge is 0.323 e. The highest BCUT2D eigenvalue weighted by Crippen LogP contribution is 2.39. The maximum Gasteiger partial charge on any atom is 0.244 e. The summed E-state index contributed by atoms with van der Waals surface area (Å²) in [5.74, 6) is 0.407. The van der Waals surface area contributed by atoms with Crippen molar-refractivity contribution >= 4 is 5.91 Å². The first-order chi connectivity index (χ1) is 7.73. The summed E-state index contributed by atoms with van der Waals surface area (Å²) in [6, 6.07) is 0.523. The Balaban J connectivity index is 1.82. The Morgan fingerprint density at radius 2 is 1.81 bits per heavy atom. The molecule has 2 aliphatic carbocycles. The van der Waals surface area contributed by atoms with Crippen LogP contribution in [0.15, 0.2) is 0 Å². The van der Waals surface area contributed by atoms with E-state index in [0.717, 1.165) is 12.8 Å². The second-order valence-electron chi connectivity index (χ2n) is 5.76. The molecule has 1 saturated heterocycles. The highest BCUT2D eigenvalue weighted by Gasteiger charge is 2.52. The van der Waals surface area contributed by atoms with Crippen LogP contribution >= 0.6 is 0 Å². The molecule has 3 rings (SSSR count). The van der Waals surface area contributed by atoms with Crippen LogP contribution < -0.4 is 5.32 Å². The second-order valence-corrected chi connectivity index (χ2v) is 5.76. The highest BCUT2D eigenvalue weighted by molar-refractivity contribution is 5.89. The summed E-state index contributed by atoms with van der Waals surface area (Å²) in [4.78, 5) is 14.8. The molecule has 0 bridgehead atoms. The SMILES string of the molecule is CC1NC2(CCCC2)C(=O)N1C1CCCC1. The van der Waals surface area contributed by atoms with Gasteiger partial charge in [0.1, 0.15) is 0 Å². The Morgan fingerprint density at radius 1 is 1.19 bits per heavy atom. The van der Waals surface area contributed by atoms with Crippen LogP contribution in [0.2, 0.25) is 0 Å². The fourth-order valence-electron chi connectivity index (χ4n) is 3.96. The van der Waals surface area contributed by atoms with Gasteiger partial charge in [-0.2, -0.15) is 0 Å². The Morgan fingerprint density at radius 3 is 2.44 bits per heavy atom. The van der Waals surface area contributed by atoms with Crippen molar-refractivity contribution in [2.75, 3.05) is 0 Å². The van der Waals surface area contributed by atoms with E-state index >= 15 is 0 Å². The van der Waals surface area contributed by atoms with Crippen LogP contribution in [-0.4, -0.2) is 28.6 Å². The van der Waals surface area contributed by atoms with Crippen molar-refractivity contribution in [3.63, 3.8) is 0 Å². The summed E-state index contributed by atoms with van der Waals surface area (Å²) in [5.41, 5.74) is -0.165. The van der Waals surface area contributed by atoms with E-state index in [2.05, 4.69) is 17.1 Å². The summed E-state index contributed by atoms with van der Waals surface area (Å²) in [7, 11) is 0. The van der Waals surface area contributed by atoms with Crippen molar-refractivity contribution in [3.05, 3.63) is 0 Å². The number of nitrogens with zero attached hydrogens (tertiary/aromatic N) is 1. The third-order valence-electron chi connectivity index (χ3n) is 4.72. The average Bonchev–Trinajstić information content (AvgIpc) is 2.92. The molecule has 3 heteroatoms. The summed E-state index contributed by atoms with van der Waals surface area (Å²) >= 11 is 0. The molecule has 1 amide bonds. The maximum absolute atomic E-state index is 12.6. The predicted molar refractivity (Wildman–Crippen MR) is 62.9 cm³/mol. The second kappa shape index (κ2) is 3.73. The lowest BCUT2D eigenvalue weighted by molar-refractivity contribution is -0.135. The van der Waals surface area contributed by atoms with Crippen molar-refractivity contribution in [3.8, 4) is 0 Å². The zero-order valence-electron chi connectivity index (χ0n) is 10.2. The molecule has 0 aromatic heterocycles.